The van der Waals surface area contributed by atoms with Gasteiger partial charge in [-0.25, -0.2) is 0 Å². The molecule has 0 aliphatic rings. The van der Waals surface area contributed by atoms with E-state index in [1.54, 1.807) is 12.4 Å². The summed E-state index contributed by atoms with van der Waals surface area (Å²) in [4.78, 5) is 18.7. The van der Waals surface area contributed by atoms with E-state index in [0.717, 1.165) is 5.69 Å². The van der Waals surface area contributed by atoms with Gasteiger partial charge < -0.3 is 10.8 Å². The van der Waals surface area contributed by atoms with Crippen molar-refractivity contribution in [2.75, 3.05) is 6.54 Å². The zero-order valence-corrected chi connectivity index (χ0v) is 7.97. The number of carbonyl (C=O) groups is 1. The summed E-state index contributed by atoms with van der Waals surface area (Å²) in [6.07, 6.45) is 3.18. The molecule has 0 spiro atoms. The summed E-state index contributed by atoms with van der Waals surface area (Å²) in [5, 5.41) is 8.64. The number of hydrogen-bond acceptors (Lipinski definition) is 4. The van der Waals surface area contributed by atoms with E-state index in [0.29, 0.717) is 5.69 Å². The fraction of sp³-hybridized carbons (Fsp3) is 0.444. The fourth-order valence-electron chi connectivity index (χ4n) is 1.20. The molecule has 0 saturated carbocycles. The maximum atomic E-state index is 10.5. The molecular weight excluding hydrogens is 182 g/mol. The highest BCUT2D eigenvalue weighted by molar-refractivity contribution is 5.67. The number of nitrogens with zero attached hydrogens (tertiary/aromatic N) is 2. The topological polar surface area (TPSA) is 89.1 Å². The largest absolute Gasteiger partial charge is 0.481 e. The molecule has 0 aromatic carbocycles. The minimum absolute atomic E-state index is 0.00532. The molecule has 1 unspecified atom stereocenters. The van der Waals surface area contributed by atoms with E-state index in [1.807, 2.05) is 6.92 Å². The Morgan fingerprint density at radius 2 is 2.36 bits per heavy atom. The quantitative estimate of drug-likeness (QED) is 0.721. The van der Waals surface area contributed by atoms with Crippen LogP contribution >= 0.6 is 0 Å². The zero-order chi connectivity index (χ0) is 10.6. The summed E-state index contributed by atoms with van der Waals surface area (Å²) < 4.78 is 0. The van der Waals surface area contributed by atoms with Crippen LogP contribution in [-0.4, -0.2) is 27.6 Å². The second-order valence-corrected chi connectivity index (χ2v) is 3.12. The van der Waals surface area contributed by atoms with Gasteiger partial charge in [-0.1, -0.05) is 0 Å². The van der Waals surface area contributed by atoms with Crippen LogP contribution in [0.5, 0.6) is 0 Å². The second-order valence-electron chi connectivity index (χ2n) is 3.12. The first-order valence-corrected chi connectivity index (χ1v) is 4.34. The highest BCUT2D eigenvalue weighted by Gasteiger charge is 2.15. The smallest absolute Gasteiger partial charge is 0.304 e. The van der Waals surface area contributed by atoms with Gasteiger partial charge >= 0.3 is 5.97 Å². The summed E-state index contributed by atoms with van der Waals surface area (Å²) in [7, 11) is 0. The molecule has 5 heteroatoms. The summed E-state index contributed by atoms with van der Waals surface area (Å²) in [6, 6.07) is 0. The first-order chi connectivity index (χ1) is 6.63. The lowest BCUT2D eigenvalue weighted by molar-refractivity contribution is -0.137. The molecule has 0 bridgehead atoms. The molecule has 76 valence electrons. The van der Waals surface area contributed by atoms with Gasteiger partial charge in [0.25, 0.3) is 0 Å². The number of aryl methyl sites for hydroxylation is 1. The third-order valence-electron chi connectivity index (χ3n) is 1.90. The Kier molecular flexibility index (Phi) is 3.53. The van der Waals surface area contributed by atoms with E-state index in [1.165, 1.54) is 0 Å². The third kappa shape index (κ3) is 2.77. The van der Waals surface area contributed by atoms with Gasteiger partial charge in [0, 0.05) is 24.9 Å². The van der Waals surface area contributed by atoms with Gasteiger partial charge in [0.2, 0.25) is 0 Å². The lowest BCUT2D eigenvalue weighted by Crippen LogP contribution is -2.17. The third-order valence-corrected chi connectivity index (χ3v) is 1.90. The van der Waals surface area contributed by atoms with Crippen LogP contribution in [0.4, 0.5) is 0 Å². The minimum Gasteiger partial charge on any atom is -0.481 e. The number of carboxylic acids is 1. The van der Waals surface area contributed by atoms with Crippen molar-refractivity contribution in [1.82, 2.24) is 9.97 Å². The number of carboxylic acid groups (broad SMARTS) is 1. The SMILES string of the molecule is Cc1cncc(C(CN)CC(=O)O)n1. The molecule has 0 radical (unpaired) electrons. The molecule has 3 N–H and O–H groups in total. The summed E-state index contributed by atoms with van der Waals surface area (Å²) in [5.74, 6) is -1.12. The van der Waals surface area contributed by atoms with Crippen LogP contribution in [-0.2, 0) is 4.79 Å². The number of nitrogens with two attached hydrogens (primary N) is 1. The van der Waals surface area contributed by atoms with Crippen molar-refractivity contribution in [3.63, 3.8) is 0 Å². The van der Waals surface area contributed by atoms with E-state index in [-0.39, 0.29) is 18.9 Å². The highest BCUT2D eigenvalue weighted by Crippen LogP contribution is 2.15. The van der Waals surface area contributed by atoms with Gasteiger partial charge in [0.1, 0.15) is 0 Å². The van der Waals surface area contributed by atoms with Crippen LogP contribution in [0.1, 0.15) is 23.7 Å². The standard InChI is InChI=1S/C9H13N3O2/c1-6-4-11-5-8(12-6)7(3-10)2-9(13)14/h4-5,7H,2-3,10H2,1H3,(H,13,14). The summed E-state index contributed by atoms with van der Waals surface area (Å²) in [6.45, 7) is 2.08. The molecule has 5 nitrogen and oxygen atoms in total. The van der Waals surface area contributed by atoms with Gasteiger partial charge in [-0.2, -0.15) is 0 Å². The molecule has 1 atom stereocenters. The first kappa shape index (κ1) is 10.6. The van der Waals surface area contributed by atoms with Crippen molar-refractivity contribution >= 4 is 5.97 Å². The second kappa shape index (κ2) is 4.66. The molecule has 0 saturated heterocycles. The lowest BCUT2D eigenvalue weighted by atomic mass is 10.0. The Bertz CT molecular complexity index is 328. The number of hydrogen-bond donors (Lipinski definition) is 2. The van der Waals surface area contributed by atoms with E-state index < -0.39 is 5.97 Å². The van der Waals surface area contributed by atoms with E-state index >= 15 is 0 Å². The molecule has 0 fully saturated rings. The van der Waals surface area contributed by atoms with Crippen LogP contribution in [0.15, 0.2) is 12.4 Å². The highest BCUT2D eigenvalue weighted by atomic mass is 16.4. The molecule has 1 aromatic heterocycles. The van der Waals surface area contributed by atoms with E-state index in [9.17, 15) is 4.79 Å². The molecule has 1 heterocycles. The maximum absolute atomic E-state index is 10.5. The van der Waals surface area contributed by atoms with Gasteiger partial charge in [0.15, 0.2) is 0 Å². The van der Waals surface area contributed by atoms with E-state index in [2.05, 4.69) is 9.97 Å². The average molecular weight is 195 g/mol. The molecule has 1 aromatic rings. The fourth-order valence-corrected chi connectivity index (χ4v) is 1.20. The Balaban J connectivity index is 2.83. The van der Waals surface area contributed by atoms with E-state index in [4.69, 9.17) is 10.8 Å². The van der Waals surface area contributed by atoms with Gasteiger partial charge in [-0.05, 0) is 6.92 Å². The van der Waals surface area contributed by atoms with Crippen LogP contribution in [0.3, 0.4) is 0 Å². The van der Waals surface area contributed by atoms with Crippen molar-refractivity contribution < 1.29 is 9.90 Å². The van der Waals surface area contributed by atoms with Crippen LogP contribution in [0, 0.1) is 6.92 Å². The number of aromatic nitrogens is 2. The lowest BCUT2D eigenvalue weighted by Gasteiger charge is -2.11. The summed E-state index contributed by atoms with van der Waals surface area (Å²) >= 11 is 0. The van der Waals surface area contributed by atoms with Gasteiger partial charge in [0.05, 0.1) is 17.8 Å². The Morgan fingerprint density at radius 3 is 2.86 bits per heavy atom. The Morgan fingerprint density at radius 1 is 1.64 bits per heavy atom. The normalized spacial score (nSPS) is 12.4. The van der Waals surface area contributed by atoms with Crippen molar-refractivity contribution in [3.05, 3.63) is 23.8 Å². The van der Waals surface area contributed by atoms with Crippen molar-refractivity contribution in [2.24, 2.45) is 5.73 Å². The Hall–Kier alpha value is -1.49. The van der Waals surface area contributed by atoms with Crippen molar-refractivity contribution in [3.8, 4) is 0 Å². The van der Waals surface area contributed by atoms with Crippen LogP contribution in [0.25, 0.3) is 0 Å². The molecule has 0 aliphatic heterocycles. The minimum atomic E-state index is -0.872. The molecule has 0 aliphatic carbocycles. The van der Waals surface area contributed by atoms with Gasteiger partial charge in [-0.15, -0.1) is 0 Å². The van der Waals surface area contributed by atoms with Crippen molar-refractivity contribution in [1.29, 1.82) is 0 Å². The van der Waals surface area contributed by atoms with Gasteiger partial charge in [-0.3, -0.25) is 14.8 Å². The molecule has 0 amide bonds. The monoisotopic (exact) mass is 195 g/mol. The molecular formula is C9H13N3O2. The predicted molar refractivity (Wildman–Crippen MR) is 50.8 cm³/mol. The predicted octanol–water partition coefficient (Wildman–Crippen LogP) is 0.302. The number of aliphatic carboxylic acids is 1. The average Bonchev–Trinajstić information content (AvgIpc) is 2.14. The number of rotatable bonds is 4. The first-order valence-electron chi connectivity index (χ1n) is 4.34. The van der Waals surface area contributed by atoms with Crippen molar-refractivity contribution in [2.45, 2.75) is 19.3 Å². The van der Waals surface area contributed by atoms with Crippen LogP contribution < -0.4 is 5.73 Å². The maximum Gasteiger partial charge on any atom is 0.304 e. The zero-order valence-electron chi connectivity index (χ0n) is 7.97. The van der Waals surface area contributed by atoms with Crippen LogP contribution in [0.2, 0.25) is 0 Å². The Labute approximate surface area is 82.0 Å². The molecule has 1 rings (SSSR count). The summed E-state index contributed by atoms with van der Waals surface area (Å²) in [5.41, 5.74) is 6.89. The molecule has 14 heavy (non-hydrogen) atoms.